The lowest BCUT2D eigenvalue weighted by Crippen LogP contribution is -2.55. The van der Waals surface area contributed by atoms with Gasteiger partial charge in [-0.2, -0.15) is 0 Å². The SMILES string of the molecule is CC1[C@H]2CCC3C4CCC5C[C@@H](N(C)C)CC[C@]5(C)C4CC[C@@]32CN1C. The van der Waals surface area contributed by atoms with Crippen molar-refractivity contribution < 1.29 is 0 Å². The van der Waals surface area contributed by atoms with Crippen molar-refractivity contribution in [1.29, 1.82) is 0 Å². The summed E-state index contributed by atoms with van der Waals surface area (Å²) in [4.78, 5) is 5.23. The van der Waals surface area contributed by atoms with Gasteiger partial charge in [0.05, 0.1) is 0 Å². The highest BCUT2D eigenvalue weighted by Crippen LogP contribution is 2.69. The van der Waals surface area contributed by atoms with E-state index < -0.39 is 0 Å². The van der Waals surface area contributed by atoms with Gasteiger partial charge in [0.15, 0.2) is 0 Å². The molecule has 0 aromatic rings. The van der Waals surface area contributed by atoms with Crippen LogP contribution in [0.5, 0.6) is 0 Å². The second kappa shape index (κ2) is 5.96. The minimum atomic E-state index is 0.658. The average Bonchev–Trinajstić information content (AvgIpc) is 3.08. The smallest absolute Gasteiger partial charge is 0.00982 e. The fourth-order valence-electron chi connectivity index (χ4n) is 9.51. The summed E-state index contributed by atoms with van der Waals surface area (Å²) in [5.74, 6) is 5.17. The van der Waals surface area contributed by atoms with Gasteiger partial charge in [0.2, 0.25) is 0 Å². The maximum absolute atomic E-state index is 2.73. The maximum atomic E-state index is 2.73. The van der Waals surface area contributed by atoms with Crippen molar-refractivity contribution >= 4 is 0 Å². The lowest BCUT2D eigenvalue weighted by atomic mass is 9.44. The van der Waals surface area contributed by atoms with Gasteiger partial charge in [0.1, 0.15) is 0 Å². The summed E-state index contributed by atoms with van der Waals surface area (Å²) in [5, 5.41) is 0. The summed E-state index contributed by atoms with van der Waals surface area (Å²) in [6, 6.07) is 1.68. The fourth-order valence-corrected chi connectivity index (χ4v) is 9.51. The molecule has 1 heterocycles. The largest absolute Gasteiger partial charge is 0.306 e. The van der Waals surface area contributed by atoms with Gasteiger partial charge < -0.3 is 9.80 Å². The Labute approximate surface area is 162 Å². The van der Waals surface area contributed by atoms with Gasteiger partial charge >= 0.3 is 0 Å². The van der Waals surface area contributed by atoms with Crippen molar-refractivity contribution in [1.82, 2.24) is 9.80 Å². The molecule has 5 aliphatic rings. The summed E-state index contributed by atoms with van der Waals surface area (Å²) in [7, 11) is 7.02. The Hall–Kier alpha value is -0.0800. The Morgan fingerprint density at radius 1 is 0.885 bits per heavy atom. The number of hydrogen-bond donors (Lipinski definition) is 0. The van der Waals surface area contributed by atoms with E-state index in [-0.39, 0.29) is 0 Å². The third-order valence-corrected chi connectivity index (χ3v) is 11.0. The van der Waals surface area contributed by atoms with Crippen LogP contribution in [0.2, 0.25) is 0 Å². The van der Waals surface area contributed by atoms with Crippen molar-refractivity contribution in [2.75, 3.05) is 27.7 Å². The van der Waals surface area contributed by atoms with Crippen LogP contribution in [0, 0.1) is 40.4 Å². The molecule has 0 radical (unpaired) electrons. The first-order valence-electron chi connectivity index (χ1n) is 11.7. The van der Waals surface area contributed by atoms with Gasteiger partial charge in [0.25, 0.3) is 0 Å². The van der Waals surface area contributed by atoms with Crippen molar-refractivity contribution in [3.8, 4) is 0 Å². The van der Waals surface area contributed by atoms with Gasteiger partial charge in [-0.15, -0.1) is 0 Å². The average molecular weight is 359 g/mol. The highest BCUT2D eigenvalue weighted by atomic mass is 15.2. The van der Waals surface area contributed by atoms with Crippen LogP contribution in [0.25, 0.3) is 0 Å². The Balaban J connectivity index is 1.41. The zero-order chi connectivity index (χ0) is 18.3. The molecule has 0 bridgehead atoms. The molecular weight excluding hydrogens is 316 g/mol. The lowest BCUT2D eigenvalue weighted by molar-refractivity contribution is -0.118. The van der Waals surface area contributed by atoms with Crippen LogP contribution in [0.15, 0.2) is 0 Å². The Bertz CT molecular complexity index is 558. The van der Waals surface area contributed by atoms with Crippen LogP contribution in [0.3, 0.4) is 0 Å². The van der Waals surface area contributed by atoms with Gasteiger partial charge in [0, 0.05) is 18.6 Å². The first-order valence-corrected chi connectivity index (χ1v) is 11.7. The molecule has 1 aliphatic heterocycles. The van der Waals surface area contributed by atoms with E-state index in [2.05, 4.69) is 44.8 Å². The zero-order valence-electron chi connectivity index (χ0n) is 18.0. The third-order valence-electron chi connectivity index (χ3n) is 11.0. The fraction of sp³-hybridized carbons (Fsp3) is 1.00. The van der Waals surface area contributed by atoms with E-state index >= 15 is 0 Å². The molecule has 0 aromatic heterocycles. The number of fused-ring (bicyclic) bond motifs is 4. The van der Waals surface area contributed by atoms with E-state index in [1.165, 1.54) is 38.6 Å². The molecule has 4 aliphatic carbocycles. The van der Waals surface area contributed by atoms with Crippen LogP contribution in [0.4, 0.5) is 0 Å². The molecule has 1 spiro atoms. The zero-order valence-corrected chi connectivity index (χ0v) is 18.0. The minimum Gasteiger partial charge on any atom is -0.306 e. The van der Waals surface area contributed by atoms with Crippen molar-refractivity contribution in [2.24, 2.45) is 40.4 Å². The predicted molar refractivity (Wildman–Crippen MR) is 109 cm³/mol. The Morgan fingerprint density at radius 3 is 2.42 bits per heavy atom. The lowest BCUT2D eigenvalue weighted by Gasteiger charge is -2.61. The van der Waals surface area contributed by atoms with Crippen molar-refractivity contribution in [2.45, 2.75) is 83.7 Å². The third kappa shape index (κ3) is 2.24. The van der Waals surface area contributed by atoms with E-state index in [0.717, 1.165) is 41.7 Å². The van der Waals surface area contributed by atoms with Crippen LogP contribution in [-0.2, 0) is 0 Å². The monoisotopic (exact) mass is 358 g/mol. The molecular formula is C24H42N2. The molecule has 0 N–H and O–H groups in total. The van der Waals surface area contributed by atoms with Gasteiger partial charge in [-0.1, -0.05) is 6.92 Å². The maximum Gasteiger partial charge on any atom is 0.00982 e. The molecule has 5 rings (SSSR count). The van der Waals surface area contributed by atoms with Gasteiger partial charge in [-0.3, -0.25) is 0 Å². The molecule has 4 saturated carbocycles. The highest BCUT2D eigenvalue weighted by Gasteiger charge is 2.64. The van der Waals surface area contributed by atoms with E-state index in [1.54, 1.807) is 25.7 Å². The normalized spacial score (nSPS) is 56.8. The number of hydrogen-bond acceptors (Lipinski definition) is 2. The van der Waals surface area contributed by atoms with Gasteiger partial charge in [-0.05, 0) is 126 Å². The molecule has 2 heteroatoms. The molecule has 26 heavy (non-hydrogen) atoms. The summed E-state index contributed by atoms with van der Waals surface area (Å²) in [6.45, 7) is 6.67. The van der Waals surface area contributed by atoms with Crippen LogP contribution < -0.4 is 0 Å². The molecule has 1 saturated heterocycles. The first-order chi connectivity index (χ1) is 12.4. The Morgan fingerprint density at radius 2 is 1.65 bits per heavy atom. The molecule has 0 amide bonds. The van der Waals surface area contributed by atoms with E-state index in [4.69, 9.17) is 0 Å². The summed E-state index contributed by atoms with van der Waals surface area (Å²) < 4.78 is 0. The van der Waals surface area contributed by atoms with Crippen LogP contribution >= 0.6 is 0 Å². The summed E-state index contributed by atoms with van der Waals surface area (Å²) in [6.07, 6.45) is 13.7. The van der Waals surface area contributed by atoms with E-state index in [9.17, 15) is 0 Å². The number of nitrogens with zero attached hydrogens (tertiary/aromatic N) is 2. The second-order valence-electron chi connectivity index (χ2n) is 11.7. The summed E-state index contributed by atoms with van der Waals surface area (Å²) in [5.41, 5.74) is 1.37. The number of likely N-dealkylation sites (tertiary alicyclic amines) is 1. The van der Waals surface area contributed by atoms with Crippen molar-refractivity contribution in [3.63, 3.8) is 0 Å². The molecule has 5 unspecified atom stereocenters. The first kappa shape index (κ1) is 18.0. The van der Waals surface area contributed by atoms with Gasteiger partial charge in [-0.25, -0.2) is 0 Å². The molecule has 9 atom stereocenters. The molecule has 2 nitrogen and oxygen atoms in total. The molecule has 5 fully saturated rings. The molecule has 148 valence electrons. The summed E-state index contributed by atoms with van der Waals surface area (Å²) >= 11 is 0. The van der Waals surface area contributed by atoms with E-state index in [0.29, 0.717) is 10.8 Å². The Kier molecular flexibility index (Phi) is 4.12. The minimum absolute atomic E-state index is 0.658. The second-order valence-corrected chi connectivity index (χ2v) is 11.7. The number of rotatable bonds is 1. The predicted octanol–water partition coefficient (Wildman–Crippen LogP) is 4.89. The topological polar surface area (TPSA) is 6.48 Å². The van der Waals surface area contributed by atoms with Crippen LogP contribution in [0.1, 0.15) is 71.6 Å². The quantitative estimate of drug-likeness (QED) is 0.658. The molecule has 0 aromatic carbocycles. The van der Waals surface area contributed by atoms with Crippen molar-refractivity contribution in [3.05, 3.63) is 0 Å². The van der Waals surface area contributed by atoms with E-state index in [1.807, 2.05) is 0 Å². The van der Waals surface area contributed by atoms with Crippen LogP contribution in [-0.4, -0.2) is 49.6 Å². The standard InChI is InChI=1S/C24H42N2/c1-16-20-8-9-22-19-7-6-17-14-18(25(3)4)10-12-23(17,2)21(19)11-13-24(20,22)15-26(16)5/h16-22H,6-15H2,1-5H3/t16?,17?,18-,19?,20+,21?,22?,23-,24-/m0/s1. The highest BCUT2D eigenvalue weighted by molar-refractivity contribution is 5.15.